The number of carbonyl (C=O) groups excluding carboxylic acids is 1. The molecule has 1 amide bonds. The highest BCUT2D eigenvalue weighted by Crippen LogP contribution is 2.46. The normalized spacial score (nSPS) is 19.1. The molecule has 3 aliphatic rings. The van der Waals surface area contributed by atoms with E-state index in [2.05, 4.69) is 34.5 Å². The topological polar surface area (TPSA) is 50.8 Å². The summed E-state index contributed by atoms with van der Waals surface area (Å²) in [7, 11) is 0. The van der Waals surface area contributed by atoms with Gasteiger partial charge >= 0.3 is 0 Å². The molecule has 1 saturated heterocycles. The zero-order valence-electron chi connectivity index (χ0n) is 16.7. The van der Waals surface area contributed by atoms with Crippen LogP contribution >= 0.6 is 0 Å². The van der Waals surface area contributed by atoms with E-state index in [1.807, 2.05) is 18.2 Å². The number of hydrogen-bond acceptors (Lipinski definition) is 4. The number of fused-ring (bicyclic) bond motifs is 1. The highest BCUT2D eigenvalue weighted by Gasteiger charge is 2.34. The maximum atomic E-state index is 12.8. The number of nitrogens with zero attached hydrogens (tertiary/aromatic N) is 1. The van der Waals surface area contributed by atoms with Gasteiger partial charge in [-0.25, -0.2) is 0 Å². The van der Waals surface area contributed by atoms with Crippen molar-refractivity contribution in [2.75, 3.05) is 36.5 Å². The highest BCUT2D eigenvalue weighted by molar-refractivity contribution is 5.91. The second-order valence-electron chi connectivity index (χ2n) is 8.34. The van der Waals surface area contributed by atoms with Crippen LogP contribution in [0.2, 0.25) is 0 Å². The second-order valence-corrected chi connectivity index (χ2v) is 8.34. The monoisotopic (exact) mass is 392 g/mol. The minimum atomic E-state index is 0.0747. The Morgan fingerprint density at radius 1 is 1.00 bits per heavy atom. The third-order valence-corrected chi connectivity index (χ3v) is 6.21. The average molecular weight is 392 g/mol. The summed E-state index contributed by atoms with van der Waals surface area (Å²) in [4.78, 5) is 15.2. The van der Waals surface area contributed by atoms with Gasteiger partial charge in [0, 0.05) is 30.9 Å². The first-order valence-electron chi connectivity index (χ1n) is 10.8. The number of ether oxygens (including phenoxy) is 2. The van der Waals surface area contributed by atoms with E-state index < -0.39 is 0 Å². The zero-order chi connectivity index (χ0) is 19.6. The Morgan fingerprint density at radius 3 is 2.45 bits per heavy atom. The van der Waals surface area contributed by atoms with E-state index in [1.165, 1.54) is 36.9 Å². The molecule has 2 fully saturated rings. The van der Waals surface area contributed by atoms with Gasteiger partial charge in [0.25, 0.3) is 0 Å². The minimum absolute atomic E-state index is 0.0747. The molecule has 1 unspecified atom stereocenters. The quantitative estimate of drug-likeness (QED) is 0.782. The van der Waals surface area contributed by atoms with Crippen LogP contribution in [0.4, 0.5) is 11.4 Å². The Balaban J connectivity index is 1.25. The first kappa shape index (κ1) is 18.3. The molecule has 1 aliphatic carbocycles. The fourth-order valence-electron chi connectivity index (χ4n) is 4.49. The molecule has 1 saturated carbocycles. The van der Waals surface area contributed by atoms with E-state index in [4.69, 9.17) is 9.47 Å². The van der Waals surface area contributed by atoms with Crippen molar-refractivity contribution in [1.29, 1.82) is 0 Å². The Kier molecular flexibility index (Phi) is 5.04. The number of carbonyl (C=O) groups is 1. The first-order valence-corrected chi connectivity index (χ1v) is 10.8. The predicted molar refractivity (Wildman–Crippen MR) is 114 cm³/mol. The molecule has 1 atom stereocenters. The largest absolute Gasteiger partial charge is 0.486 e. The maximum absolute atomic E-state index is 12.8. The van der Waals surface area contributed by atoms with Gasteiger partial charge in [0.05, 0.1) is 0 Å². The van der Waals surface area contributed by atoms with Gasteiger partial charge in [0.15, 0.2) is 11.5 Å². The van der Waals surface area contributed by atoms with E-state index in [9.17, 15) is 4.79 Å². The number of nitrogens with one attached hydrogen (secondary N) is 1. The Labute approximate surface area is 172 Å². The Hall–Kier alpha value is -2.69. The van der Waals surface area contributed by atoms with E-state index in [-0.39, 0.29) is 11.8 Å². The van der Waals surface area contributed by atoms with Crippen molar-refractivity contribution in [3.8, 4) is 11.5 Å². The summed E-state index contributed by atoms with van der Waals surface area (Å²) in [6, 6.07) is 14.4. The van der Waals surface area contributed by atoms with Crippen LogP contribution in [-0.4, -0.2) is 32.2 Å². The maximum Gasteiger partial charge on any atom is 0.224 e. The number of benzene rings is 2. The number of amides is 1. The smallest absolute Gasteiger partial charge is 0.224 e. The van der Waals surface area contributed by atoms with E-state index in [0.717, 1.165) is 30.3 Å². The lowest BCUT2D eigenvalue weighted by atomic mass is 9.90. The lowest BCUT2D eigenvalue weighted by Crippen LogP contribution is -2.19. The molecule has 2 heterocycles. The molecule has 0 radical (unpaired) electrons. The molecule has 5 rings (SSSR count). The first-order chi connectivity index (χ1) is 14.3. The van der Waals surface area contributed by atoms with Gasteiger partial charge in [-0.15, -0.1) is 0 Å². The molecule has 1 N–H and O–H groups in total. The second kappa shape index (κ2) is 7.97. The summed E-state index contributed by atoms with van der Waals surface area (Å²) in [5, 5.41) is 3.09. The Bertz CT molecular complexity index is 870. The third-order valence-electron chi connectivity index (χ3n) is 6.21. The van der Waals surface area contributed by atoms with Crippen LogP contribution in [-0.2, 0) is 4.79 Å². The average Bonchev–Trinajstić information content (AvgIpc) is 3.45. The molecule has 5 nitrogen and oxygen atoms in total. The zero-order valence-corrected chi connectivity index (χ0v) is 16.7. The summed E-state index contributed by atoms with van der Waals surface area (Å²) in [5.41, 5.74) is 3.29. The molecule has 29 heavy (non-hydrogen) atoms. The molecule has 2 aromatic carbocycles. The standard InChI is InChI=1S/C24H28N2O3/c27-24(25-19-6-8-20(9-7-19)26-11-1-2-12-26)16-21(17-3-4-17)18-5-10-22-23(15-18)29-14-13-28-22/h5-10,15,17,21H,1-4,11-14,16H2,(H,25,27). The van der Waals surface area contributed by atoms with Crippen molar-refractivity contribution >= 4 is 17.3 Å². The van der Waals surface area contributed by atoms with E-state index in [0.29, 0.717) is 25.6 Å². The van der Waals surface area contributed by atoms with Crippen molar-refractivity contribution in [2.45, 2.75) is 38.0 Å². The van der Waals surface area contributed by atoms with E-state index >= 15 is 0 Å². The van der Waals surface area contributed by atoms with Crippen molar-refractivity contribution in [1.82, 2.24) is 0 Å². The summed E-state index contributed by atoms with van der Waals surface area (Å²) in [6.07, 6.45) is 5.41. The molecule has 2 aromatic rings. The number of rotatable bonds is 6. The van der Waals surface area contributed by atoms with Crippen LogP contribution in [0.15, 0.2) is 42.5 Å². The highest BCUT2D eigenvalue weighted by atomic mass is 16.6. The van der Waals surface area contributed by atoms with Gasteiger partial charge in [-0.05, 0) is 79.5 Å². The van der Waals surface area contributed by atoms with Gasteiger partial charge in [-0.2, -0.15) is 0 Å². The van der Waals surface area contributed by atoms with Crippen molar-refractivity contribution in [3.63, 3.8) is 0 Å². The molecule has 0 aromatic heterocycles. The van der Waals surface area contributed by atoms with Gasteiger partial charge in [-0.3, -0.25) is 4.79 Å². The molecule has 152 valence electrons. The van der Waals surface area contributed by atoms with Crippen LogP contribution in [0.3, 0.4) is 0 Å². The number of hydrogen-bond donors (Lipinski definition) is 1. The van der Waals surface area contributed by atoms with Crippen LogP contribution in [0.25, 0.3) is 0 Å². The van der Waals surface area contributed by atoms with Gasteiger partial charge in [0.1, 0.15) is 13.2 Å². The molecule has 0 spiro atoms. The molecular weight excluding hydrogens is 364 g/mol. The number of anilines is 2. The fraction of sp³-hybridized carbons (Fsp3) is 0.458. The van der Waals surface area contributed by atoms with Crippen LogP contribution in [0.5, 0.6) is 11.5 Å². The van der Waals surface area contributed by atoms with E-state index in [1.54, 1.807) is 0 Å². The summed E-state index contributed by atoms with van der Waals surface area (Å²) in [6.45, 7) is 3.43. The van der Waals surface area contributed by atoms with Crippen molar-refractivity contribution in [3.05, 3.63) is 48.0 Å². The van der Waals surface area contributed by atoms with Gasteiger partial charge in [-0.1, -0.05) is 6.07 Å². The lowest BCUT2D eigenvalue weighted by Gasteiger charge is -2.22. The fourth-order valence-corrected chi connectivity index (χ4v) is 4.49. The van der Waals surface area contributed by atoms with Crippen molar-refractivity contribution < 1.29 is 14.3 Å². The molecule has 0 bridgehead atoms. The van der Waals surface area contributed by atoms with Crippen LogP contribution in [0, 0.1) is 5.92 Å². The summed E-state index contributed by atoms with van der Waals surface area (Å²) < 4.78 is 11.4. The van der Waals surface area contributed by atoms with Gasteiger partial charge < -0.3 is 19.7 Å². The summed E-state index contributed by atoms with van der Waals surface area (Å²) >= 11 is 0. The van der Waals surface area contributed by atoms with Crippen molar-refractivity contribution in [2.24, 2.45) is 5.92 Å². The molecule has 2 aliphatic heterocycles. The van der Waals surface area contributed by atoms with Crippen LogP contribution < -0.4 is 19.7 Å². The summed E-state index contributed by atoms with van der Waals surface area (Å²) in [5.74, 6) is 2.50. The van der Waals surface area contributed by atoms with Gasteiger partial charge in [0.2, 0.25) is 5.91 Å². The predicted octanol–water partition coefficient (Wildman–Crippen LogP) is 4.58. The third kappa shape index (κ3) is 4.19. The SMILES string of the molecule is O=C(CC(c1ccc2c(c1)OCCO2)C1CC1)Nc1ccc(N2CCCC2)cc1. The molecule has 5 heteroatoms. The molecular formula is C24H28N2O3. The Morgan fingerprint density at radius 2 is 1.72 bits per heavy atom. The minimum Gasteiger partial charge on any atom is -0.486 e. The van der Waals surface area contributed by atoms with Crippen LogP contribution in [0.1, 0.15) is 43.6 Å². The lowest BCUT2D eigenvalue weighted by molar-refractivity contribution is -0.116.